The molecule has 4 fully saturated rings. The number of fused-ring (bicyclic) bond motifs is 1. The van der Waals surface area contributed by atoms with Crippen LogP contribution in [-0.4, -0.2) is 83.0 Å². The van der Waals surface area contributed by atoms with Crippen LogP contribution >= 0.6 is 0 Å². The van der Waals surface area contributed by atoms with Crippen LogP contribution in [0.15, 0.2) is 18.2 Å². The van der Waals surface area contributed by atoms with Gasteiger partial charge in [-0.2, -0.15) is 0 Å². The Balaban J connectivity index is 1.50. The lowest BCUT2D eigenvalue weighted by molar-refractivity contribution is -0.139. The summed E-state index contributed by atoms with van der Waals surface area (Å²) in [6.45, 7) is 6.48. The van der Waals surface area contributed by atoms with E-state index in [0.717, 1.165) is 57.2 Å². The molecule has 0 bridgehead atoms. The smallest absolute Gasteiger partial charge is 0.249 e. The molecule has 0 aromatic heterocycles. The first-order valence-corrected chi connectivity index (χ1v) is 13.6. The molecule has 8 nitrogen and oxygen atoms in total. The van der Waals surface area contributed by atoms with Gasteiger partial charge in [0.05, 0.1) is 12.5 Å². The Bertz CT molecular complexity index is 1010. The number of hydrogen-bond donors (Lipinski definition) is 2. The van der Waals surface area contributed by atoms with Crippen LogP contribution in [0.2, 0.25) is 0 Å². The van der Waals surface area contributed by atoms with E-state index in [0.29, 0.717) is 23.1 Å². The van der Waals surface area contributed by atoms with Gasteiger partial charge in [0.15, 0.2) is 5.78 Å². The van der Waals surface area contributed by atoms with Gasteiger partial charge in [-0.05, 0) is 81.6 Å². The standard InChI is InChI=1S/C28H39N3O5/c1-16(2)30-11-9-17(10-12-30)19-7-8-20(27(29)34)21(13-19)24(18-5-3-4-6-18)28(35)31-14-22(32)26-25(31)23(33)15-36-26/h7-8,13,16-18,22,24-26,32H,3-6,9-12,14-15H2,1-2H3,(H2,29,34)/t22-,24+,25-,26-/m1/s1. The number of β-amino-alcohol motifs (C(OH)–C–C–N with tert-alkyl or cyclic N) is 1. The van der Waals surface area contributed by atoms with Gasteiger partial charge in [-0.15, -0.1) is 0 Å². The van der Waals surface area contributed by atoms with Crippen LogP contribution in [-0.2, 0) is 14.3 Å². The van der Waals surface area contributed by atoms with Gasteiger partial charge >= 0.3 is 0 Å². The molecule has 4 aliphatic rings. The van der Waals surface area contributed by atoms with Crippen LogP contribution in [0.3, 0.4) is 0 Å². The first-order chi connectivity index (χ1) is 17.3. The van der Waals surface area contributed by atoms with E-state index in [1.165, 1.54) is 4.90 Å². The summed E-state index contributed by atoms with van der Waals surface area (Å²) in [6, 6.07) is 5.61. The first kappa shape index (κ1) is 25.4. The average molecular weight is 498 g/mol. The molecule has 1 aliphatic carbocycles. The molecule has 8 heteroatoms. The topological polar surface area (TPSA) is 113 Å². The van der Waals surface area contributed by atoms with Crippen molar-refractivity contribution in [3.63, 3.8) is 0 Å². The third-order valence-electron chi connectivity index (χ3n) is 8.99. The minimum atomic E-state index is -0.886. The number of piperidine rings is 1. The van der Waals surface area contributed by atoms with E-state index in [2.05, 4.69) is 18.7 Å². The Morgan fingerprint density at radius 2 is 1.81 bits per heavy atom. The lowest BCUT2D eigenvalue weighted by atomic mass is 9.78. The highest BCUT2D eigenvalue weighted by atomic mass is 16.5. The van der Waals surface area contributed by atoms with Gasteiger partial charge in [-0.3, -0.25) is 14.4 Å². The minimum absolute atomic E-state index is 0.0715. The Kier molecular flexibility index (Phi) is 7.21. The van der Waals surface area contributed by atoms with Crippen molar-refractivity contribution in [2.24, 2.45) is 11.7 Å². The Morgan fingerprint density at radius 3 is 2.44 bits per heavy atom. The van der Waals surface area contributed by atoms with Gasteiger partial charge in [0.2, 0.25) is 11.8 Å². The number of nitrogens with two attached hydrogens (primary N) is 1. The molecule has 196 valence electrons. The van der Waals surface area contributed by atoms with E-state index in [4.69, 9.17) is 10.5 Å². The molecule has 1 saturated carbocycles. The first-order valence-electron chi connectivity index (χ1n) is 13.6. The van der Waals surface area contributed by atoms with E-state index in [-0.39, 0.29) is 30.8 Å². The molecule has 36 heavy (non-hydrogen) atoms. The number of nitrogens with zero attached hydrogens (tertiary/aromatic N) is 2. The fraction of sp³-hybridized carbons (Fsp3) is 0.679. The van der Waals surface area contributed by atoms with E-state index in [9.17, 15) is 19.5 Å². The summed E-state index contributed by atoms with van der Waals surface area (Å²) in [5.74, 6) is -1.03. The predicted octanol–water partition coefficient (Wildman–Crippen LogP) is 2.19. The molecule has 3 saturated heterocycles. The summed E-state index contributed by atoms with van der Waals surface area (Å²) in [5, 5.41) is 10.5. The maximum absolute atomic E-state index is 14.2. The van der Waals surface area contributed by atoms with Gasteiger partial charge in [0.25, 0.3) is 0 Å². The number of amides is 2. The second kappa shape index (κ2) is 10.2. The Morgan fingerprint density at radius 1 is 1.11 bits per heavy atom. The number of likely N-dealkylation sites (tertiary alicyclic amines) is 2. The molecule has 3 heterocycles. The number of benzene rings is 1. The molecule has 0 unspecified atom stereocenters. The number of hydrogen-bond acceptors (Lipinski definition) is 6. The second-order valence-corrected chi connectivity index (χ2v) is 11.4. The van der Waals surface area contributed by atoms with Crippen molar-refractivity contribution in [3.8, 4) is 0 Å². The number of Topliss-reactive ketones (excluding diaryl/α,β-unsaturated/α-hetero) is 1. The maximum Gasteiger partial charge on any atom is 0.249 e. The van der Waals surface area contributed by atoms with Crippen LogP contribution in [0.25, 0.3) is 0 Å². The van der Waals surface area contributed by atoms with Crippen LogP contribution in [0.5, 0.6) is 0 Å². The average Bonchev–Trinajstić information content (AvgIpc) is 3.59. The molecule has 5 rings (SSSR count). The molecule has 4 atom stereocenters. The zero-order chi connectivity index (χ0) is 25.6. The summed E-state index contributed by atoms with van der Waals surface area (Å²) in [5.41, 5.74) is 8.05. The number of primary amides is 1. The second-order valence-electron chi connectivity index (χ2n) is 11.4. The fourth-order valence-corrected chi connectivity index (χ4v) is 6.98. The molecule has 0 radical (unpaired) electrons. The van der Waals surface area contributed by atoms with Crippen molar-refractivity contribution in [3.05, 3.63) is 34.9 Å². The van der Waals surface area contributed by atoms with Gasteiger partial charge < -0.3 is 25.4 Å². The van der Waals surface area contributed by atoms with Gasteiger partial charge in [0, 0.05) is 11.6 Å². The normalized spacial score (nSPS) is 28.7. The Labute approximate surface area is 213 Å². The molecule has 2 amide bonds. The van der Waals surface area contributed by atoms with Crippen LogP contribution in [0.1, 0.15) is 85.7 Å². The zero-order valence-corrected chi connectivity index (χ0v) is 21.4. The van der Waals surface area contributed by atoms with E-state index < -0.39 is 30.1 Å². The minimum Gasteiger partial charge on any atom is -0.388 e. The number of carbonyl (C=O) groups excluding carboxylic acids is 3. The van der Waals surface area contributed by atoms with Gasteiger partial charge in [-0.25, -0.2) is 0 Å². The number of aliphatic hydroxyl groups is 1. The van der Waals surface area contributed by atoms with E-state index in [1.807, 2.05) is 12.1 Å². The summed E-state index contributed by atoms with van der Waals surface area (Å²) >= 11 is 0. The van der Waals surface area contributed by atoms with Crippen LogP contribution in [0, 0.1) is 5.92 Å². The van der Waals surface area contributed by atoms with Crippen molar-refractivity contribution >= 4 is 17.6 Å². The highest BCUT2D eigenvalue weighted by molar-refractivity contribution is 5.99. The third kappa shape index (κ3) is 4.59. The number of aliphatic hydroxyl groups excluding tert-OH is 1. The number of carbonyl (C=O) groups is 3. The number of ketones is 1. The van der Waals surface area contributed by atoms with Crippen molar-refractivity contribution < 1.29 is 24.2 Å². The fourth-order valence-electron chi connectivity index (χ4n) is 6.98. The van der Waals surface area contributed by atoms with Crippen LogP contribution in [0.4, 0.5) is 0 Å². The van der Waals surface area contributed by atoms with Crippen molar-refractivity contribution in [2.75, 3.05) is 26.2 Å². The molecular formula is C28H39N3O5. The summed E-state index contributed by atoms with van der Waals surface area (Å²) < 4.78 is 5.51. The molecule has 3 N–H and O–H groups in total. The third-order valence-corrected chi connectivity index (χ3v) is 8.99. The summed E-state index contributed by atoms with van der Waals surface area (Å²) in [6.07, 6.45) is 4.35. The SMILES string of the molecule is CC(C)N1CCC(c2ccc(C(N)=O)c([C@@H](C(=O)N3C[C@@H](O)[C@H]4OCC(=O)[C@H]43)C3CCCC3)c2)CC1. The largest absolute Gasteiger partial charge is 0.388 e. The molecular weight excluding hydrogens is 458 g/mol. The van der Waals surface area contributed by atoms with Gasteiger partial charge in [0.1, 0.15) is 24.9 Å². The molecule has 3 aliphatic heterocycles. The maximum atomic E-state index is 14.2. The monoisotopic (exact) mass is 497 g/mol. The molecule has 0 spiro atoms. The van der Waals surface area contributed by atoms with Crippen molar-refractivity contribution in [1.82, 2.24) is 9.80 Å². The lowest BCUT2D eigenvalue weighted by Gasteiger charge is -2.35. The lowest BCUT2D eigenvalue weighted by Crippen LogP contribution is -2.45. The quantitative estimate of drug-likeness (QED) is 0.623. The zero-order valence-electron chi connectivity index (χ0n) is 21.4. The molecule has 1 aromatic rings. The van der Waals surface area contributed by atoms with Crippen molar-refractivity contribution in [1.29, 1.82) is 0 Å². The molecule has 1 aromatic carbocycles. The summed E-state index contributed by atoms with van der Waals surface area (Å²) in [4.78, 5) is 43.3. The van der Waals surface area contributed by atoms with Gasteiger partial charge in [-0.1, -0.05) is 25.0 Å². The highest BCUT2D eigenvalue weighted by Gasteiger charge is 2.53. The van der Waals surface area contributed by atoms with E-state index in [1.54, 1.807) is 6.07 Å². The predicted molar refractivity (Wildman–Crippen MR) is 135 cm³/mol. The number of rotatable bonds is 6. The van der Waals surface area contributed by atoms with Crippen LogP contribution < -0.4 is 5.73 Å². The Hall–Kier alpha value is -2.29. The highest BCUT2D eigenvalue weighted by Crippen LogP contribution is 2.43. The number of ether oxygens (including phenoxy) is 1. The van der Waals surface area contributed by atoms with Crippen molar-refractivity contribution in [2.45, 2.75) is 88.5 Å². The summed E-state index contributed by atoms with van der Waals surface area (Å²) in [7, 11) is 0. The van der Waals surface area contributed by atoms with E-state index >= 15 is 0 Å².